The average Bonchev–Trinajstić information content (AvgIpc) is 3.38. The van der Waals surface area contributed by atoms with E-state index in [4.69, 9.17) is 0 Å². The first-order valence-corrected chi connectivity index (χ1v) is 12.6. The van der Waals surface area contributed by atoms with Gasteiger partial charge in [0.05, 0.1) is 11.4 Å². The summed E-state index contributed by atoms with van der Waals surface area (Å²) in [4.78, 5) is 0. The number of hydrogen-bond donors (Lipinski definition) is 0. The molecule has 1 nitrogen and oxygen atoms in total. The fraction of sp³-hybridized carbons (Fsp3) is 0.176. The summed E-state index contributed by atoms with van der Waals surface area (Å²) >= 11 is 0. The molecule has 0 aliphatic rings. The van der Waals surface area contributed by atoms with E-state index in [1.165, 1.54) is 50.3 Å². The highest BCUT2D eigenvalue weighted by Gasteiger charge is 2.20. The predicted octanol–water partition coefficient (Wildman–Crippen LogP) is 9.73. The lowest BCUT2D eigenvalue weighted by Crippen LogP contribution is -2.08. The third-order valence-corrected chi connectivity index (χ3v) is 6.78. The zero-order valence-electron chi connectivity index (χ0n) is 21.1. The molecule has 0 aliphatic heterocycles. The van der Waals surface area contributed by atoms with Crippen molar-refractivity contribution in [3.63, 3.8) is 0 Å². The van der Waals surface area contributed by atoms with E-state index in [2.05, 4.69) is 148 Å². The van der Waals surface area contributed by atoms with Gasteiger partial charge >= 0.3 is 0 Å². The Morgan fingerprint density at radius 3 is 1.54 bits per heavy atom. The van der Waals surface area contributed by atoms with Crippen molar-refractivity contribution in [1.82, 2.24) is 4.57 Å². The molecule has 0 N–H and O–H groups in total. The zero-order valence-corrected chi connectivity index (χ0v) is 21.1. The number of rotatable bonds is 6. The van der Waals surface area contributed by atoms with E-state index in [0.717, 1.165) is 0 Å². The number of benzene rings is 4. The summed E-state index contributed by atoms with van der Waals surface area (Å²) in [5.41, 5.74) is 11.6. The number of hydrogen-bond acceptors (Lipinski definition) is 0. The second-order valence-electron chi connectivity index (χ2n) is 9.89. The van der Waals surface area contributed by atoms with Crippen molar-refractivity contribution in [3.05, 3.63) is 127 Å². The molecule has 0 atom stereocenters. The van der Waals surface area contributed by atoms with Crippen LogP contribution in [0.1, 0.15) is 50.7 Å². The van der Waals surface area contributed by atoms with Gasteiger partial charge in [-0.3, -0.25) is 0 Å². The Balaban J connectivity index is 1.70. The Morgan fingerprint density at radius 1 is 0.457 bits per heavy atom. The summed E-state index contributed by atoms with van der Waals surface area (Å²) in [5, 5.41) is 0. The van der Waals surface area contributed by atoms with Gasteiger partial charge in [0, 0.05) is 6.20 Å². The molecule has 0 saturated carbocycles. The Labute approximate surface area is 209 Å². The lowest BCUT2D eigenvalue weighted by Gasteiger charge is -2.24. The SMILES string of the molecule is CC(C)c1cc(-c2cccc(-c3ccccc3)c2)cc(C(C)C)c1-n1cccc1-c1ccccc1. The van der Waals surface area contributed by atoms with Crippen LogP contribution in [0.2, 0.25) is 0 Å². The van der Waals surface area contributed by atoms with Crippen LogP contribution in [0.3, 0.4) is 0 Å². The van der Waals surface area contributed by atoms with Gasteiger partial charge in [0.25, 0.3) is 0 Å². The lowest BCUT2D eigenvalue weighted by atomic mass is 9.87. The highest BCUT2D eigenvalue weighted by atomic mass is 15.0. The molecular weight excluding hydrogens is 422 g/mol. The van der Waals surface area contributed by atoms with Crippen molar-refractivity contribution in [2.24, 2.45) is 0 Å². The minimum Gasteiger partial charge on any atom is -0.316 e. The summed E-state index contributed by atoms with van der Waals surface area (Å²) in [7, 11) is 0. The van der Waals surface area contributed by atoms with E-state index < -0.39 is 0 Å². The smallest absolute Gasteiger partial charge is 0.0528 e. The van der Waals surface area contributed by atoms with Crippen LogP contribution in [0.15, 0.2) is 115 Å². The van der Waals surface area contributed by atoms with Crippen molar-refractivity contribution < 1.29 is 0 Å². The van der Waals surface area contributed by atoms with Gasteiger partial charge in [-0.2, -0.15) is 0 Å². The molecule has 0 aliphatic carbocycles. The zero-order chi connectivity index (χ0) is 24.4. The first-order chi connectivity index (χ1) is 17.0. The molecule has 174 valence electrons. The second-order valence-corrected chi connectivity index (χ2v) is 9.89. The summed E-state index contributed by atoms with van der Waals surface area (Å²) in [6, 6.07) is 39.5. The number of nitrogens with zero attached hydrogens (tertiary/aromatic N) is 1. The van der Waals surface area contributed by atoms with Crippen molar-refractivity contribution in [2.45, 2.75) is 39.5 Å². The minimum absolute atomic E-state index is 0.394. The summed E-state index contributed by atoms with van der Waals surface area (Å²) in [6.45, 7) is 9.22. The monoisotopic (exact) mass is 455 g/mol. The molecule has 0 saturated heterocycles. The van der Waals surface area contributed by atoms with Crippen LogP contribution in [-0.4, -0.2) is 4.57 Å². The van der Waals surface area contributed by atoms with Crippen molar-refractivity contribution >= 4 is 0 Å². The van der Waals surface area contributed by atoms with Gasteiger partial charge in [0.2, 0.25) is 0 Å². The first-order valence-electron chi connectivity index (χ1n) is 12.6. The Bertz CT molecular complexity index is 1390. The average molecular weight is 456 g/mol. The molecule has 0 spiro atoms. The van der Waals surface area contributed by atoms with Crippen LogP contribution in [0, 0.1) is 0 Å². The fourth-order valence-electron chi connectivity index (χ4n) is 4.93. The molecule has 1 heterocycles. The van der Waals surface area contributed by atoms with Gasteiger partial charge < -0.3 is 4.57 Å². The fourth-order valence-corrected chi connectivity index (χ4v) is 4.93. The maximum absolute atomic E-state index is 2.41. The molecule has 5 rings (SSSR count). The van der Waals surface area contributed by atoms with Gasteiger partial charge in [-0.1, -0.05) is 107 Å². The molecule has 5 aromatic rings. The van der Waals surface area contributed by atoms with Gasteiger partial charge in [0.15, 0.2) is 0 Å². The van der Waals surface area contributed by atoms with Gasteiger partial charge in [-0.05, 0) is 81.1 Å². The van der Waals surface area contributed by atoms with E-state index in [9.17, 15) is 0 Å². The van der Waals surface area contributed by atoms with Crippen LogP contribution in [0.4, 0.5) is 0 Å². The molecule has 0 amide bonds. The normalized spacial score (nSPS) is 11.4. The third kappa shape index (κ3) is 4.59. The maximum atomic E-state index is 2.41. The van der Waals surface area contributed by atoms with Crippen molar-refractivity contribution in [1.29, 1.82) is 0 Å². The molecule has 0 unspecified atom stereocenters. The highest BCUT2D eigenvalue weighted by molar-refractivity contribution is 5.76. The number of aromatic nitrogens is 1. The molecule has 4 aromatic carbocycles. The van der Waals surface area contributed by atoms with E-state index in [1.807, 2.05) is 0 Å². The Morgan fingerprint density at radius 2 is 0.971 bits per heavy atom. The molecule has 1 heteroatoms. The molecule has 35 heavy (non-hydrogen) atoms. The third-order valence-electron chi connectivity index (χ3n) is 6.78. The van der Waals surface area contributed by atoms with Crippen LogP contribution >= 0.6 is 0 Å². The second kappa shape index (κ2) is 9.80. The van der Waals surface area contributed by atoms with Crippen molar-refractivity contribution in [3.8, 4) is 39.2 Å². The molecule has 0 fully saturated rings. The van der Waals surface area contributed by atoms with Crippen LogP contribution in [0.5, 0.6) is 0 Å². The topological polar surface area (TPSA) is 4.93 Å². The standard InChI is InChI=1S/C34H33N/c1-24(2)31-22-30(29-18-11-17-28(21-29)26-13-7-5-8-14-26)23-32(25(3)4)34(31)35-20-12-19-33(35)27-15-9-6-10-16-27/h5-25H,1-4H3. The summed E-state index contributed by atoms with van der Waals surface area (Å²) in [6.07, 6.45) is 2.21. The maximum Gasteiger partial charge on any atom is 0.0528 e. The lowest BCUT2D eigenvalue weighted by molar-refractivity contribution is 0.808. The predicted molar refractivity (Wildman–Crippen MR) is 150 cm³/mol. The van der Waals surface area contributed by atoms with Gasteiger partial charge in [-0.25, -0.2) is 0 Å². The van der Waals surface area contributed by atoms with Crippen LogP contribution in [-0.2, 0) is 0 Å². The van der Waals surface area contributed by atoms with Gasteiger partial charge in [-0.15, -0.1) is 0 Å². The minimum atomic E-state index is 0.394. The van der Waals surface area contributed by atoms with E-state index in [1.54, 1.807) is 0 Å². The summed E-state index contributed by atoms with van der Waals surface area (Å²) < 4.78 is 2.39. The molecule has 0 radical (unpaired) electrons. The first kappa shape index (κ1) is 22.9. The van der Waals surface area contributed by atoms with Crippen molar-refractivity contribution in [2.75, 3.05) is 0 Å². The quantitative estimate of drug-likeness (QED) is 0.240. The van der Waals surface area contributed by atoms with Crippen LogP contribution in [0.25, 0.3) is 39.2 Å². The van der Waals surface area contributed by atoms with E-state index in [0.29, 0.717) is 11.8 Å². The Hall–Kier alpha value is -3.84. The molecule has 1 aromatic heterocycles. The van der Waals surface area contributed by atoms with Gasteiger partial charge in [0.1, 0.15) is 0 Å². The summed E-state index contributed by atoms with van der Waals surface area (Å²) in [5.74, 6) is 0.788. The van der Waals surface area contributed by atoms with Crippen LogP contribution < -0.4 is 0 Å². The van der Waals surface area contributed by atoms with E-state index >= 15 is 0 Å². The van der Waals surface area contributed by atoms with E-state index in [-0.39, 0.29) is 0 Å². The Kier molecular flexibility index (Phi) is 6.42. The highest BCUT2D eigenvalue weighted by Crippen LogP contribution is 2.39. The molecule has 0 bridgehead atoms. The largest absolute Gasteiger partial charge is 0.316 e. The molecular formula is C34H33N.